The Balaban J connectivity index is 1.85. The van der Waals surface area contributed by atoms with Gasteiger partial charge in [0.05, 0.1) is 26.4 Å². The monoisotopic (exact) mass is 562 g/mol. The van der Waals surface area contributed by atoms with Crippen LogP contribution < -0.4 is 19.5 Å². The molecule has 1 atom stereocenters. The SMILES string of the molecule is CCOc1cc(C(C)N(CCCCc2cccc(OC)c2)C(=O)NC2(C(=O)O)CC(F)(F)C2)cc(OCC)c1C. The lowest BCUT2D eigenvalue weighted by atomic mass is 9.73. The van der Waals surface area contributed by atoms with Gasteiger partial charge in [-0.2, -0.15) is 0 Å². The number of nitrogens with one attached hydrogen (secondary N) is 1. The van der Waals surface area contributed by atoms with E-state index in [9.17, 15) is 23.5 Å². The molecule has 0 spiro atoms. The third kappa shape index (κ3) is 7.34. The second kappa shape index (κ2) is 13.2. The quantitative estimate of drug-likeness (QED) is 0.268. The first-order valence-corrected chi connectivity index (χ1v) is 13.7. The molecule has 10 heteroatoms. The highest BCUT2D eigenvalue weighted by Gasteiger charge is 2.62. The van der Waals surface area contributed by atoms with E-state index in [0.29, 0.717) is 31.1 Å². The number of rotatable bonds is 14. The maximum atomic E-state index is 13.7. The molecule has 0 bridgehead atoms. The molecule has 40 heavy (non-hydrogen) atoms. The van der Waals surface area contributed by atoms with Gasteiger partial charge in [-0.1, -0.05) is 12.1 Å². The predicted octanol–water partition coefficient (Wildman–Crippen LogP) is 6.15. The Kier molecular flexibility index (Phi) is 10.2. The molecule has 1 saturated carbocycles. The molecule has 0 radical (unpaired) electrons. The van der Waals surface area contributed by atoms with Crippen LogP contribution in [0.3, 0.4) is 0 Å². The maximum absolute atomic E-state index is 13.7. The number of aryl methyl sites for hydroxylation is 1. The van der Waals surface area contributed by atoms with Crippen LogP contribution in [0.1, 0.15) is 69.2 Å². The van der Waals surface area contributed by atoms with Crippen LogP contribution in [0.15, 0.2) is 36.4 Å². The van der Waals surface area contributed by atoms with Gasteiger partial charge in [0.1, 0.15) is 17.2 Å². The van der Waals surface area contributed by atoms with Crippen molar-refractivity contribution in [2.45, 2.75) is 77.3 Å². The van der Waals surface area contributed by atoms with Gasteiger partial charge in [-0.15, -0.1) is 0 Å². The number of aliphatic carboxylic acids is 1. The van der Waals surface area contributed by atoms with E-state index in [4.69, 9.17) is 14.2 Å². The van der Waals surface area contributed by atoms with E-state index in [-0.39, 0.29) is 6.54 Å². The molecule has 8 nitrogen and oxygen atoms in total. The van der Waals surface area contributed by atoms with Crippen LogP contribution in [0.2, 0.25) is 0 Å². The van der Waals surface area contributed by atoms with Crippen molar-refractivity contribution in [2.75, 3.05) is 26.9 Å². The number of carbonyl (C=O) groups is 2. The summed E-state index contributed by atoms with van der Waals surface area (Å²) in [6.45, 7) is 8.61. The summed E-state index contributed by atoms with van der Waals surface area (Å²) in [6, 6.07) is 10.2. The van der Waals surface area contributed by atoms with E-state index in [2.05, 4.69) is 5.32 Å². The molecule has 2 amide bonds. The number of alkyl halides is 2. The Morgan fingerprint density at radius 3 is 2.23 bits per heavy atom. The van der Waals surface area contributed by atoms with Crippen molar-refractivity contribution in [3.05, 3.63) is 53.1 Å². The summed E-state index contributed by atoms with van der Waals surface area (Å²) in [6.07, 6.45) is 0.223. The molecular formula is C30H40F2N2O6. The number of methoxy groups -OCH3 is 1. The number of carbonyl (C=O) groups excluding carboxylic acids is 1. The molecule has 1 fully saturated rings. The summed E-state index contributed by atoms with van der Waals surface area (Å²) in [4.78, 5) is 27.0. The van der Waals surface area contributed by atoms with Gasteiger partial charge in [0, 0.05) is 24.9 Å². The van der Waals surface area contributed by atoms with E-state index in [0.717, 1.165) is 35.3 Å². The topological polar surface area (TPSA) is 97.3 Å². The lowest BCUT2D eigenvalue weighted by Gasteiger charge is -2.45. The van der Waals surface area contributed by atoms with Gasteiger partial charge in [-0.05, 0) is 82.3 Å². The van der Waals surface area contributed by atoms with Crippen molar-refractivity contribution < 1.29 is 37.7 Å². The first-order chi connectivity index (χ1) is 18.9. The van der Waals surface area contributed by atoms with Crippen molar-refractivity contribution in [3.8, 4) is 17.2 Å². The standard InChI is InChI=1S/C30H40F2N2O6/c1-6-39-25-16-23(17-26(20(25)3)40-7-2)21(4)34(14-9-8-11-22-12-10-13-24(15-22)38-5)28(37)33-29(27(35)36)18-30(31,32)19-29/h10,12-13,15-17,21H,6-9,11,14,18-19H2,1-5H3,(H,33,37)(H,35,36). The molecule has 3 rings (SSSR count). The highest BCUT2D eigenvalue weighted by atomic mass is 19.3. The maximum Gasteiger partial charge on any atom is 0.329 e. The lowest BCUT2D eigenvalue weighted by Crippen LogP contribution is -2.68. The smallest absolute Gasteiger partial charge is 0.329 e. The third-order valence-electron chi connectivity index (χ3n) is 7.27. The molecule has 2 N–H and O–H groups in total. The first kappa shape index (κ1) is 31.0. The van der Waals surface area contributed by atoms with Gasteiger partial charge in [-0.3, -0.25) is 0 Å². The van der Waals surface area contributed by atoms with Crippen molar-refractivity contribution in [1.29, 1.82) is 0 Å². The average Bonchev–Trinajstić information content (AvgIpc) is 2.89. The second-order valence-corrected chi connectivity index (χ2v) is 10.2. The number of ether oxygens (including phenoxy) is 3. The average molecular weight is 563 g/mol. The minimum absolute atomic E-state index is 0.283. The normalized spacial score (nSPS) is 15.9. The van der Waals surface area contributed by atoms with Gasteiger partial charge in [0.15, 0.2) is 5.54 Å². The van der Waals surface area contributed by atoms with Crippen molar-refractivity contribution in [2.24, 2.45) is 0 Å². The van der Waals surface area contributed by atoms with Crippen LogP contribution in [0.5, 0.6) is 17.2 Å². The van der Waals surface area contributed by atoms with E-state index in [1.807, 2.05) is 64.1 Å². The Morgan fingerprint density at radius 2 is 1.70 bits per heavy atom. The minimum atomic E-state index is -3.13. The molecule has 220 valence electrons. The molecular weight excluding hydrogens is 522 g/mol. The van der Waals surface area contributed by atoms with Crippen LogP contribution in [0.4, 0.5) is 13.6 Å². The van der Waals surface area contributed by atoms with Crippen LogP contribution in [-0.2, 0) is 11.2 Å². The van der Waals surface area contributed by atoms with Crippen LogP contribution >= 0.6 is 0 Å². The zero-order valence-corrected chi connectivity index (χ0v) is 23.9. The molecule has 0 aromatic heterocycles. The van der Waals surface area contributed by atoms with Gasteiger partial charge in [0.25, 0.3) is 5.92 Å². The number of urea groups is 1. The molecule has 2 aromatic rings. The molecule has 0 saturated heterocycles. The minimum Gasteiger partial charge on any atom is -0.497 e. The number of hydrogen-bond donors (Lipinski definition) is 2. The largest absolute Gasteiger partial charge is 0.497 e. The summed E-state index contributed by atoms with van der Waals surface area (Å²) >= 11 is 0. The molecule has 0 aliphatic heterocycles. The molecule has 1 aliphatic carbocycles. The summed E-state index contributed by atoms with van der Waals surface area (Å²) < 4.78 is 44.4. The van der Waals surface area contributed by atoms with Crippen molar-refractivity contribution in [3.63, 3.8) is 0 Å². The van der Waals surface area contributed by atoms with Crippen LogP contribution in [0.25, 0.3) is 0 Å². The molecule has 2 aromatic carbocycles. The zero-order valence-electron chi connectivity index (χ0n) is 23.9. The van der Waals surface area contributed by atoms with Crippen LogP contribution in [-0.4, -0.2) is 60.3 Å². The van der Waals surface area contributed by atoms with E-state index in [1.54, 1.807) is 7.11 Å². The summed E-state index contributed by atoms with van der Waals surface area (Å²) in [5.41, 5.74) is 0.643. The molecule has 1 unspecified atom stereocenters. The van der Waals surface area contributed by atoms with E-state index in [1.165, 1.54) is 4.90 Å². The number of unbranched alkanes of at least 4 members (excludes halogenated alkanes) is 1. The fraction of sp³-hybridized carbons (Fsp3) is 0.533. The fourth-order valence-electron chi connectivity index (χ4n) is 5.03. The first-order valence-electron chi connectivity index (χ1n) is 13.7. The van der Waals surface area contributed by atoms with Crippen molar-refractivity contribution in [1.82, 2.24) is 10.2 Å². The summed E-state index contributed by atoms with van der Waals surface area (Å²) in [5.74, 6) is -2.60. The number of benzene rings is 2. The highest BCUT2D eigenvalue weighted by Crippen LogP contribution is 2.46. The van der Waals surface area contributed by atoms with Gasteiger partial charge >= 0.3 is 12.0 Å². The lowest BCUT2D eigenvalue weighted by molar-refractivity contribution is -0.175. The number of nitrogens with zero attached hydrogens (tertiary/aromatic N) is 1. The summed E-state index contributed by atoms with van der Waals surface area (Å²) in [5, 5.41) is 12.1. The van der Waals surface area contributed by atoms with Gasteiger partial charge < -0.3 is 29.5 Å². The number of halogens is 2. The fourth-order valence-corrected chi connectivity index (χ4v) is 5.03. The predicted molar refractivity (Wildman–Crippen MR) is 148 cm³/mol. The molecule has 0 heterocycles. The number of carboxylic acid groups (broad SMARTS) is 1. The Labute approximate surface area is 234 Å². The number of carboxylic acids is 1. The third-order valence-corrected chi connectivity index (χ3v) is 7.27. The zero-order chi connectivity index (χ0) is 29.5. The molecule has 1 aliphatic rings. The number of hydrogen-bond acceptors (Lipinski definition) is 5. The van der Waals surface area contributed by atoms with Crippen LogP contribution in [0, 0.1) is 6.92 Å². The highest BCUT2D eigenvalue weighted by molar-refractivity contribution is 5.88. The Morgan fingerprint density at radius 1 is 1.07 bits per heavy atom. The number of amides is 2. The summed E-state index contributed by atoms with van der Waals surface area (Å²) in [7, 11) is 1.61. The Bertz CT molecular complexity index is 1150. The Hall–Kier alpha value is -3.56. The van der Waals surface area contributed by atoms with Gasteiger partial charge in [-0.25, -0.2) is 18.4 Å². The van der Waals surface area contributed by atoms with E-state index < -0.39 is 42.3 Å². The van der Waals surface area contributed by atoms with Gasteiger partial charge in [0.2, 0.25) is 0 Å². The van der Waals surface area contributed by atoms with E-state index >= 15 is 0 Å². The van der Waals surface area contributed by atoms with Crippen molar-refractivity contribution >= 4 is 12.0 Å². The second-order valence-electron chi connectivity index (χ2n) is 10.2.